The number of hydrogen-bond acceptors (Lipinski definition) is 1. The Labute approximate surface area is 93.7 Å². The van der Waals surface area contributed by atoms with Gasteiger partial charge in [-0.15, -0.1) is 0 Å². The Morgan fingerprint density at radius 3 is 2.33 bits per heavy atom. The van der Waals surface area contributed by atoms with Crippen LogP contribution in [0.2, 0.25) is 0 Å². The molecule has 1 rings (SSSR count). The highest BCUT2D eigenvalue weighted by atomic mass is 14.6. The van der Waals surface area contributed by atoms with Gasteiger partial charge in [0.05, 0.1) is 0 Å². The van der Waals surface area contributed by atoms with Crippen molar-refractivity contribution in [1.82, 2.24) is 0 Å². The van der Waals surface area contributed by atoms with Crippen LogP contribution in [0.15, 0.2) is 18.2 Å². The van der Waals surface area contributed by atoms with Crippen LogP contribution in [-0.2, 0) is 11.8 Å². The summed E-state index contributed by atoms with van der Waals surface area (Å²) in [7, 11) is 0. The first-order valence-electron chi connectivity index (χ1n) is 5.66. The number of rotatable bonds is 2. The van der Waals surface area contributed by atoms with Crippen LogP contribution in [0.1, 0.15) is 44.4 Å². The summed E-state index contributed by atoms with van der Waals surface area (Å²) < 4.78 is 0. The summed E-state index contributed by atoms with van der Waals surface area (Å²) in [6.45, 7) is 10.9. The maximum absolute atomic E-state index is 5.85. The molecular weight excluding hydrogens is 182 g/mol. The van der Waals surface area contributed by atoms with Crippen LogP contribution in [0.25, 0.3) is 0 Å². The number of aryl methyl sites for hydroxylation is 1. The normalized spacial score (nSPS) is 14.0. The second kappa shape index (κ2) is 4.36. The standard InChI is InChI=1S/C14H23N/c1-10-6-7-13(14(3,4)5)9-12(10)8-11(2)15/h6-7,9,11H,8,15H2,1-5H3. The zero-order chi connectivity index (χ0) is 11.6. The van der Waals surface area contributed by atoms with Gasteiger partial charge in [0.15, 0.2) is 0 Å². The van der Waals surface area contributed by atoms with Crippen LogP contribution in [0.3, 0.4) is 0 Å². The minimum atomic E-state index is 0.223. The van der Waals surface area contributed by atoms with Crippen molar-refractivity contribution in [3.63, 3.8) is 0 Å². The van der Waals surface area contributed by atoms with E-state index in [1.54, 1.807) is 0 Å². The molecule has 0 aromatic heterocycles. The fourth-order valence-electron chi connectivity index (χ4n) is 1.70. The lowest BCUT2D eigenvalue weighted by Gasteiger charge is -2.21. The van der Waals surface area contributed by atoms with E-state index in [1.165, 1.54) is 16.7 Å². The zero-order valence-electron chi connectivity index (χ0n) is 10.6. The maximum atomic E-state index is 5.85. The Kier molecular flexibility index (Phi) is 3.56. The molecule has 0 heterocycles. The fourth-order valence-corrected chi connectivity index (χ4v) is 1.70. The van der Waals surface area contributed by atoms with Gasteiger partial charge in [-0.1, -0.05) is 39.0 Å². The average molecular weight is 205 g/mol. The second-order valence-corrected chi connectivity index (χ2v) is 5.57. The van der Waals surface area contributed by atoms with Gasteiger partial charge in [0.1, 0.15) is 0 Å². The van der Waals surface area contributed by atoms with E-state index < -0.39 is 0 Å². The van der Waals surface area contributed by atoms with Crippen molar-refractivity contribution in [2.45, 2.75) is 52.5 Å². The summed E-state index contributed by atoms with van der Waals surface area (Å²) in [6.07, 6.45) is 0.968. The van der Waals surface area contributed by atoms with E-state index in [9.17, 15) is 0 Å². The van der Waals surface area contributed by atoms with Crippen LogP contribution in [0.4, 0.5) is 0 Å². The van der Waals surface area contributed by atoms with Gasteiger partial charge in [0, 0.05) is 6.04 Å². The Balaban J connectivity index is 3.06. The van der Waals surface area contributed by atoms with E-state index in [1.807, 2.05) is 0 Å². The molecule has 0 aliphatic rings. The zero-order valence-corrected chi connectivity index (χ0v) is 10.6. The minimum Gasteiger partial charge on any atom is -0.328 e. The molecule has 1 heteroatoms. The van der Waals surface area contributed by atoms with Crippen molar-refractivity contribution in [3.05, 3.63) is 34.9 Å². The molecule has 0 aliphatic carbocycles. The van der Waals surface area contributed by atoms with Gasteiger partial charge in [-0.2, -0.15) is 0 Å². The van der Waals surface area contributed by atoms with E-state index >= 15 is 0 Å². The third kappa shape index (κ3) is 3.35. The summed E-state index contributed by atoms with van der Waals surface area (Å²) in [6, 6.07) is 6.97. The molecule has 0 radical (unpaired) electrons. The highest BCUT2D eigenvalue weighted by molar-refractivity contribution is 5.34. The first-order valence-corrected chi connectivity index (χ1v) is 5.66. The maximum Gasteiger partial charge on any atom is 0.00510 e. The summed E-state index contributed by atoms with van der Waals surface area (Å²) in [5.41, 5.74) is 10.2. The van der Waals surface area contributed by atoms with Gasteiger partial charge in [-0.25, -0.2) is 0 Å². The monoisotopic (exact) mass is 205 g/mol. The van der Waals surface area contributed by atoms with Gasteiger partial charge in [-0.3, -0.25) is 0 Å². The lowest BCUT2D eigenvalue weighted by atomic mass is 9.84. The predicted octanol–water partition coefficient (Wildman–Crippen LogP) is 3.18. The van der Waals surface area contributed by atoms with E-state index in [0.717, 1.165) is 6.42 Å². The first kappa shape index (κ1) is 12.3. The summed E-state index contributed by atoms with van der Waals surface area (Å²) >= 11 is 0. The quantitative estimate of drug-likeness (QED) is 0.788. The summed E-state index contributed by atoms with van der Waals surface area (Å²) in [5, 5.41) is 0. The number of nitrogens with two attached hydrogens (primary N) is 1. The predicted molar refractivity (Wildman–Crippen MR) is 67.2 cm³/mol. The molecule has 0 saturated carbocycles. The van der Waals surface area contributed by atoms with Crippen molar-refractivity contribution < 1.29 is 0 Å². The van der Waals surface area contributed by atoms with Crippen LogP contribution >= 0.6 is 0 Å². The minimum absolute atomic E-state index is 0.223. The van der Waals surface area contributed by atoms with Crippen LogP contribution < -0.4 is 5.73 Å². The molecule has 2 N–H and O–H groups in total. The largest absolute Gasteiger partial charge is 0.328 e. The molecule has 1 nitrogen and oxygen atoms in total. The van der Waals surface area contributed by atoms with Crippen molar-refractivity contribution in [2.24, 2.45) is 5.73 Å². The number of benzene rings is 1. The van der Waals surface area contributed by atoms with Crippen LogP contribution in [-0.4, -0.2) is 6.04 Å². The summed E-state index contributed by atoms with van der Waals surface area (Å²) in [4.78, 5) is 0. The van der Waals surface area contributed by atoms with E-state index in [4.69, 9.17) is 5.73 Å². The molecular formula is C14H23N. The molecule has 1 aromatic carbocycles. The lowest BCUT2D eigenvalue weighted by molar-refractivity contribution is 0.588. The SMILES string of the molecule is Cc1ccc(C(C)(C)C)cc1CC(C)N. The van der Waals surface area contributed by atoms with Gasteiger partial charge in [-0.05, 0) is 42.4 Å². The molecule has 0 bridgehead atoms. The van der Waals surface area contributed by atoms with Gasteiger partial charge in [0.25, 0.3) is 0 Å². The van der Waals surface area contributed by atoms with E-state index in [-0.39, 0.29) is 11.5 Å². The Bertz CT molecular complexity index is 332. The Hall–Kier alpha value is -0.820. The highest BCUT2D eigenvalue weighted by Crippen LogP contribution is 2.24. The lowest BCUT2D eigenvalue weighted by Crippen LogP contribution is -2.19. The summed E-state index contributed by atoms with van der Waals surface area (Å²) in [5.74, 6) is 0. The third-order valence-corrected chi connectivity index (χ3v) is 2.76. The molecule has 1 unspecified atom stereocenters. The molecule has 84 valence electrons. The molecule has 0 amide bonds. The van der Waals surface area contributed by atoms with Gasteiger partial charge >= 0.3 is 0 Å². The average Bonchev–Trinajstić information content (AvgIpc) is 2.06. The first-order chi connectivity index (χ1) is 6.80. The van der Waals surface area contributed by atoms with Crippen LogP contribution in [0, 0.1) is 6.92 Å². The van der Waals surface area contributed by atoms with Crippen molar-refractivity contribution >= 4 is 0 Å². The number of hydrogen-bond donors (Lipinski definition) is 1. The molecule has 0 aliphatic heterocycles. The Morgan fingerprint density at radius 1 is 1.27 bits per heavy atom. The molecule has 1 aromatic rings. The topological polar surface area (TPSA) is 26.0 Å². The second-order valence-electron chi connectivity index (χ2n) is 5.57. The smallest absolute Gasteiger partial charge is 0.00510 e. The third-order valence-electron chi connectivity index (χ3n) is 2.76. The van der Waals surface area contributed by atoms with Gasteiger partial charge < -0.3 is 5.73 Å². The molecule has 0 saturated heterocycles. The fraction of sp³-hybridized carbons (Fsp3) is 0.571. The van der Waals surface area contributed by atoms with Crippen molar-refractivity contribution in [3.8, 4) is 0 Å². The molecule has 0 spiro atoms. The molecule has 0 fully saturated rings. The van der Waals surface area contributed by atoms with Crippen molar-refractivity contribution in [2.75, 3.05) is 0 Å². The van der Waals surface area contributed by atoms with Crippen LogP contribution in [0.5, 0.6) is 0 Å². The molecule has 15 heavy (non-hydrogen) atoms. The van der Waals surface area contributed by atoms with Gasteiger partial charge in [0.2, 0.25) is 0 Å². The van der Waals surface area contributed by atoms with E-state index in [2.05, 4.69) is 52.8 Å². The highest BCUT2D eigenvalue weighted by Gasteiger charge is 2.14. The Morgan fingerprint density at radius 2 is 1.87 bits per heavy atom. The van der Waals surface area contributed by atoms with Crippen molar-refractivity contribution in [1.29, 1.82) is 0 Å². The van der Waals surface area contributed by atoms with E-state index in [0.29, 0.717) is 0 Å². The molecule has 1 atom stereocenters.